The van der Waals surface area contributed by atoms with E-state index in [1.807, 2.05) is 6.92 Å². The normalized spacial score (nSPS) is 16.8. The molecule has 0 spiro atoms. The molecule has 2 amide bonds. The van der Waals surface area contributed by atoms with E-state index in [1.54, 1.807) is 19.1 Å². The summed E-state index contributed by atoms with van der Waals surface area (Å²) < 4.78 is 16.8. The molecule has 1 aliphatic rings. The van der Waals surface area contributed by atoms with Gasteiger partial charge in [-0.15, -0.1) is 0 Å². The van der Waals surface area contributed by atoms with Crippen molar-refractivity contribution in [2.75, 3.05) is 20.8 Å². The van der Waals surface area contributed by atoms with Gasteiger partial charge in [-0.2, -0.15) is 0 Å². The average molecular weight is 413 g/mol. The van der Waals surface area contributed by atoms with Gasteiger partial charge in [-0.1, -0.05) is 22.9 Å². The molecule has 1 unspecified atom stereocenters. The number of allylic oxidation sites excluding steroid dienone is 1. The molecule has 136 valence electrons. The lowest BCUT2D eigenvalue weighted by molar-refractivity contribution is -0.139. The number of benzene rings is 1. The standard InChI is InChI=1S/C17H21BrN2O5/c1-5-6-25-16(21)13-9(2)19-17(22)20-14(13)11-7-10(18)8-12(23-3)15(11)24-4/h7-8,14H,5-6H2,1-4H3,(H2,19,20,22). The number of nitrogens with one attached hydrogen (secondary N) is 2. The van der Waals surface area contributed by atoms with Crippen LogP contribution in [0.2, 0.25) is 0 Å². The Balaban J connectivity index is 2.58. The lowest BCUT2D eigenvalue weighted by atomic mass is 9.94. The second-order valence-electron chi connectivity index (χ2n) is 5.44. The van der Waals surface area contributed by atoms with E-state index in [2.05, 4.69) is 26.6 Å². The van der Waals surface area contributed by atoms with Gasteiger partial charge in [-0.05, 0) is 25.5 Å². The van der Waals surface area contributed by atoms with Gasteiger partial charge in [0.25, 0.3) is 0 Å². The molecular formula is C17H21BrN2O5. The summed E-state index contributed by atoms with van der Waals surface area (Å²) in [5, 5.41) is 5.37. The number of amides is 2. The Bertz CT molecular complexity index is 717. The van der Waals surface area contributed by atoms with Crippen LogP contribution in [0.1, 0.15) is 31.9 Å². The molecule has 25 heavy (non-hydrogen) atoms. The van der Waals surface area contributed by atoms with Crippen LogP contribution in [0.15, 0.2) is 27.9 Å². The highest BCUT2D eigenvalue weighted by Gasteiger charge is 2.35. The molecule has 2 rings (SSSR count). The number of ether oxygens (including phenoxy) is 3. The number of carbonyl (C=O) groups excluding carboxylic acids is 2. The first-order chi connectivity index (χ1) is 11.9. The zero-order chi connectivity index (χ0) is 18.6. The van der Waals surface area contributed by atoms with Crippen molar-refractivity contribution >= 4 is 27.9 Å². The quantitative estimate of drug-likeness (QED) is 0.701. The first kappa shape index (κ1) is 19.1. The van der Waals surface area contributed by atoms with E-state index in [1.165, 1.54) is 14.2 Å². The second kappa shape index (κ2) is 8.24. The third-order valence-electron chi connectivity index (χ3n) is 3.71. The molecule has 1 aromatic rings. The molecule has 2 N–H and O–H groups in total. The Labute approximate surface area is 154 Å². The van der Waals surface area contributed by atoms with Crippen LogP contribution in [0, 0.1) is 0 Å². The van der Waals surface area contributed by atoms with Crippen molar-refractivity contribution in [3.05, 3.63) is 33.4 Å². The van der Waals surface area contributed by atoms with E-state index in [-0.39, 0.29) is 0 Å². The summed E-state index contributed by atoms with van der Waals surface area (Å²) in [6.07, 6.45) is 0.705. The van der Waals surface area contributed by atoms with E-state index in [0.717, 1.165) is 4.47 Å². The number of hydrogen-bond donors (Lipinski definition) is 2. The fourth-order valence-electron chi connectivity index (χ4n) is 2.64. The third-order valence-corrected chi connectivity index (χ3v) is 4.17. The molecule has 0 aromatic heterocycles. The van der Waals surface area contributed by atoms with Crippen molar-refractivity contribution in [1.82, 2.24) is 10.6 Å². The Kier molecular flexibility index (Phi) is 6.30. The van der Waals surface area contributed by atoms with E-state index < -0.39 is 18.0 Å². The minimum absolute atomic E-state index is 0.301. The van der Waals surface area contributed by atoms with Crippen LogP contribution in [-0.4, -0.2) is 32.8 Å². The zero-order valence-corrected chi connectivity index (χ0v) is 16.2. The summed E-state index contributed by atoms with van der Waals surface area (Å²) in [7, 11) is 3.02. The number of esters is 1. The highest BCUT2D eigenvalue weighted by Crippen LogP contribution is 2.41. The number of carbonyl (C=O) groups is 2. The molecule has 0 saturated heterocycles. The van der Waals surface area contributed by atoms with Gasteiger partial charge >= 0.3 is 12.0 Å². The molecule has 1 atom stereocenters. The van der Waals surface area contributed by atoms with E-state index >= 15 is 0 Å². The van der Waals surface area contributed by atoms with Crippen molar-refractivity contribution in [1.29, 1.82) is 0 Å². The third kappa shape index (κ3) is 4.07. The number of halogens is 1. The second-order valence-corrected chi connectivity index (χ2v) is 6.35. The van der Waals surface area contributed by atoms with Crippen LogP contribution >= 0.6 is 15.9 Å². The summed E-state index contributed by atoms with van der Waals surface area (Å²) in [6, 6.07) is 2.39. The molecule has 7 nitrogen and oxygen atoms in total. The molecule has 0 aliphatic carbocycles. The SMILES string of the molecule is CCCOC(=O)C1=C(C)NC(=O)NC1c1cc(Br)cc(OC)c1OC. The first-order valence-corrected chi connectivity index (χ1v) is 8.59. The van der Waals surface area contributed by atoms with Crippen molar-refractivity contribution in [2.45, 2.75) is 26.3 Å². The highest BCUT2D eigenvalue weighted by atomic mass is 79.9. The molecule has 1 aliphatic heterocycles. The number of urea groups is 1. The predicted molar refractivity (Wildman–Crippen MR) is 95.6 cm³/mol. The Hall–Kier alpha value is -2.22. The van der Waals surface area contributed by atoms with Crippen molar-refractivity contribution in [2.24, 2.45) is 0 Å². The summed E-state index contributed by atoms with van der Waals surface area (Å²) in [6.45, 7) is 3.88. The molecular weight excluding hydrogens is 392 g/mol. The maximum Gasteiger partial charge on any atom is 0.338 e. The Morgan fingerprint density at radius 1 is 1.28 bits per heavy atom. The van der Waals surface area contributed by atoms with Crippen LogP contribution in [0.3, 0.4) is 0 Å². The minimum atomic E-state index is -0.723. The Morgan fingerprint density at radius 2 is 2.00 bits per heavy atom. The van der Waals surface area contributed by atoms with Crippen molar-refractivity contribution < 1.29 is 23.8 Å². The molecule has 0 bridgehead atoms. The van der Waals surface area contributed by atoms with Gasteiger partial charge in [-0.25, -0.2) is 9.59 Å². The zero-order valence-electron chi connectivity index (χ0n) is 14.6. The van der Waals surface area contributed by atoms with Crippen molar-refractivity contribution in [3.63, 3.8) is 0 Å². The summed E-state index contributed by atoms with van der Waals surface area (Å²) in [5.41, 5.74) is 1.36. The van der Waals surface area contributed by atoms with E-state index in [0.29, 0.717) is 41.4 Å². The first-order valence-electron chi connectivity index (χ1n) is 7.79. The van der Waals surface area contributed by atoms with Gasteiger partial charge in [0, 0.05) is 15.7 Å². The molecule has 0 radical (unpaired) electrons. The largest absolute Gasteiger partial charge is 0.493 e. The lowest BCUT2D eigenvalue weighted by Crippen LogP contribution is -2.45. The van der Waals surface area contributed by atoms with Gasteiger partial charge in [0.05, 0.1) is 32.4 Å². The van der Waals surface area contributed by atoms with Crippen LogP contribution < -0.4 is 20.1 Å². The topological polar surface area (TPSA) is 85.9 Å². The van der Waals surface area contributed by atoms with Gasteiger partial charge in [0.15, 0.2) is 11.5 Å². The van der Waals surface area contributed by atoms with Gasteiger partial charge in [-0.3, -0.25) is 0 Å². The van der Waals surface area contributed by atoms with E-state index in [9.17, 15) is 9.59 Å². The molecule has 0 fully saturated rings. The minimum Gasteiger partial charge on any atom is -0.493 e. The average Bonchev–Trinajstić information content (AvgIpc) is 2.58. The number of methoxy groups -OCH3 is 2. The van der Waals surface area contributed by atoms with Gasteiger partial charge < -0.3 is 24.8 Å². The fraction of sp³-hybridized carbons (Fsp3) is 0.412. The van der Waals surface area contributed by atoms with Crippen LogP contribution in [0.4, 0.5) is 4.79 Å². The monoisotopic (exact) mass is 412 g/mol. The van der Waals surface area contributed by atoms with Crippen LogP contribution in [0.5, 0.6) is 11.5 Å². The van der Waals surface area contributed by atoms with Gasteiger partial charge in [0.2, 0.25) is 0 Å². The van der Waals surface area contributed by atoms with Gasteiger partial charge in [0.1, 0.15) is 0 Å². The maximum absolute atomic E-state index is 12.5. The summed E-state index contributed by atoms with van der Waals surface area (Å²) >= 11 is 3.42. The lowest BCUT2D eigenvalue weighted by Gasteiger charge is -2.29. The Morgan fingerprint density at radius 3 is 2.60 bits per heavy atom. The van der Waals surface area contributed by atoms with E-state index in [4.69, 9.17) is 14.2 Å². The molecule has 8 heteroatoms. The van der Waals surface area contributed by atoms with Crippen LogP contribution in [0.25, 0.3) is 0 Å². The predicted octanol–water partition coefficient (Wildman–Crippen LogP) is 3.05. The van der Waals surface area contributed by atoms with Crippen LogP contribution in [-0.2, 0) is 9.53 Å². The summed E-state index contributed by atoms with van der Waals surface area (Å²) in [4.78, 5) is 24.5. The maximum atomic E-state index is 12.5. The molecule has 1 heterocycles. The molecule has 0 saturated carbocycles. The number of rotatable bonds is 6. The molecule has 1 aromatic carbocycles. The fourth-order valence-corrected chi connectivity index (χ4v) is 3.10. The smallest absolute Gasteiger partial charge is 0.338 e. The van der Waals surface area contributed by atoms with Crippen molar-refractivity contribution in [3.8, 4) is 11.5 Å². The highest BCUT2D eigenvalue weighted by molar-refractivity contribution is 9.10. The summed E-state index contributed by atoms with van der Waals surface area (Å²) in [5.74, 6) is 0.433. The number of hydrogen-bond acceptors (Lipinski definition) is 5.